The molecule has 10 nitrogen and oxygen atoms in total. The molecule has 3 aromatic heterocycles. The molecule has 1 aliphatic heterocycles. The summed E-state index contributed by atoms with van der Waals surface area (Å²) >= 11 is 0. The van der Waals surface area contributed by atoms with Crippen molar-refractivity contribution in [1.82, 2.24) is 30.0 Å². The first-order valence-corrected chi connectivity index (χ1v) is 11.3. The van der Waals surface area contributed by atoms with Crippen LogP contribution in [0.5, 0.6) is 0 Å². The van der Waals surface area contributed by atoms with E-state index in [9.17, 15) is 22.8 Å². The molecule has 4 rings (SSSR count). The minimum absolute atomic E-state index is 0.0701. The zero-order chi connectivity index (χ0) is 26.2. The van der Waals surface area contributed by atoms with Gasteiger partial charge in [-0.3, -0.25) is 14.3 Å². The van der Waals surface area contributed by atoms with E-state index in [-0.39, 0.29) is 37.7 Å². The average molecular weight is 506 g/mol. The number of halogens is 3. The Morgan fingerprint density at radius 2 is 2.06 bits per heavy atom. The summed E-state index contributed by atoms with van der Waals surface area (Å²) in [5, 5.41) is 6.48. The number of ether oxygens (including phenoxy) is 1. The largest absolute Gasteiger partial charge is 0.422 e. The first-order chi connectivity index (χ1) is 17.0. The van der Waals surface area contributed by atoms with Gasteiger partial charge in [0.1, 0.15) is 17.1 Å². The van der Waals surface area contributed by atoms with Crippen molar-refractivity contribution in [2.45, 2.75) is 39.5 Å². The van der Waals surface area contributed by atoms with Crippen LogP contribution in [0.2, 0.25) is 0 Å². The lowest BCUT2D eigenvalue weighted by Crippen LogP contribution is -2.45. The molecule has 0 unspecified atom stereocenters. The number of carbonyl (C=O) groups excluding carboxylic acids is 1. The van der Waals surface area contributed by atoms with Crippen molar-refractivity contribution >= 4 is 11.7 Å². The van der Waals surface area contributed by atoms with E-state index in [0.29, 0.717) is 16.8 Å². The Hall–Kier alpha value is -3.74. The molecule has 0 saturated carbocycles. The Morgan fingerprint density at radius 1 is 1.31 bits per heavy atom. The number of aromatic amines is 1. The molecule has 36 heavy (non-hydrogen) atoms. The fraction of sp³-hybridized carbons (Fsp3) is 0.435. The molecule has 0 aliphatic carbocycles. The number of aryl methyl sites for hydroxylation is 3. The molecule has 1 saturated heterocycles. The second kappa shape index (κ2) is 9.72. The van der Waals surface area contributed by atoms with Gasteiger partial charge in [-0.25, -0.2) is 9.97 Å². The highest BCUT2D eigenvalue weighted by Gasteiger charge is 2.43. The summed E-state index contributed by atoms with van der Waals surface area (Å²) in [6.45, 7) is 5.43. The predicted octanol–water partition coefficient (Wildman–Crippen LogP) is 2.36. The summed E-state index contributed by atoms with van der Waals surface area (Å²) in [6.07, 6.45) is -1.97. The third kappa shape index (κ3) is 5.10. The molecule has 4 heterocycles. The number of pyridine rings is 1. The first kappa shape index (κ1) is 25.4. The zero-order valence-corrected chi connectivity index (χ0v) is 20.2. The van der Waals surface area contributed by atoms with Crippen molar-refractivity contribution in [2.75, 3.05) is 24.7 Å². The molecule has 2 N–H and O–H groups in total. The monoisotopic (exact) mass is 505 g/mol. The Labute approximate surface area is 204 Å². The molecule has 3 aromatic rings. The van der Waals surface area contributed by atoms with Crippen LogP contribution in [0.1, 0.15) is 39.8 Å². The topological polar surface area (TPSA) is 118 Å². The van der Waals surface area contributed by atoms with Gasteiger partial charge in [-0.1, -0.05) is 0 Å². The smallest absolute Gasteiger partial charge is 0.377 e. The van der Waals surface area contributed by atoms with Crippen LogP contribution < -0.4 is 15.8 Å². The minimum atomic E-state index is -4.93. The van der Waals surface area contributed by atoms with E-state index in [1.165, 1.54) is 15.8 Å². The molecule has 1 fully saturated rings. The molecule has 1 atom stereocenters. The molecule has 0 aromatic carbocycles. The maximum absolute atomic E-state index is 14.4. The van der Waals surface area contributed by atoms with Gasteiger partial charge in [0.15, 0.2) is 5.82 Å². The van der Waals surface area contributed by atoms with Gasteiger partial charge in [-0.2, -0.15) is 18.3 Å². The quantitative estimate of drug-likeness (QED) is 0.547. The van der Waals surface area contributed by atoms with Gasteiger partial charge in [-0.15, -0.1) is 0 Å². The summed E-state index contributed by atoms with van der Waals surface area (Å²) in [5.74, 6) is -1.54. The summed E-state index contributed by atoms with van der Waals surface area (Å²) in [4.78, 5) is 37.9. The van der Waals surface area contributed by atoms with E-state index in [1.807, 2.05) is 0 Å². The Bertz CT molecular complexity index is 1350. The number of hydrogen-bond acceptors (Lipinski definition) is 7. The van der Waals surface area contributed by atoms with Crippen LogP contribution in [-0.2, 0) is 24.5 Å². The third-order valence-electron chi connectivity index (χ3n) is 5.91. The van der Waals surface area contributed by atoms with Crippen LogP contribution in [0.3, 0.4) is 0 Å². The number of morpholine rings is 1. The lowest BCUT2D eigenvalue weighted by molar-refractivity contribution is -0.138. The number of alkyl halides is 3. The third-order valence-corrected chi connectivity index (χ3v) is 5.91. The molecule has 192 valence electrons. The number of aromatic nitrogens is 5. The number of nitrogens with zero attached hydrogens (tertiary/aromatic N) is 5. The molecular formula is C23H26F3N7O3. The van der Waals surface area contributed by atoms with Crippen LogP contribution in [0.25, 0.3) is 11.4 Å². The molecule has 0 radical (unpaired) electrons. The van der Waals surface area contributed by atoms with Crippen LogP contribution >= 0.6 is 0 Å². The highest BCUT2D eigenvalue weighted by molar-refractivity contribution is 5.95. The Kier molecular flexibility index (Phi) is 6.85. The van der Waals surface area contributed by atoms with Gasteiger partial charge in [0, 0.05) is 37.6 Å². The number of rotatable bonds is 5. The van der Waals surface area contributed by atoms with Crippen LogP contribution in [-0.4, -0.2) is 56.4 Å². The normalized spacial score (nSPS) is 16.3. The maximum Gasteiger partial charge on any atom is 0.422 e. The Balaban J connectivity index is 1.83. The summed E-state index contributed by atoms with van der Waals surface area (Å²) < 4.78 is 50.1. The molecular weight excluding hydrogens is 479 g/mol. The fourth-order valence-corrected chi connectivity index (χ4v) is 4.14. The zero-order valence-electron chi connectivity index (χ0n) is 20.2. The predicted molar refractivity (Wildman–Crippen MR) is 125 cm³/mol. The van der Waals surface area contributed by atoms with Crippen molar-refractivity contribution in [1.29, 1.82) is 0 Å². The van der Waals surface area contributed by atoms with Crippen LogP contribution in [0, 0.1) is 13.8 Å². The van der Waals surface area contributed by atoms with Crippen LogP contribution in [0.15, 0.2) is 23.3 Å². The minimum Gasteiger partial charge on any atom is -0.377 e. The van der Waals surface area contributed by atoms with Crippen molar-refractivity contribution in [3.05, 3.63) is 56.9 Å². The Morgan fingerprint density at radius 3 is 2.67 bits per heavy atom. The van der Waals surface area contributed by atoms with E-state index in [4.69, 9.17) is 4.74 Å². The maximum atomic E-state index is 14.4. The highest BCUT2D eigenvalue weighted by atomic mass is 19.4. The van der Waals surface area contributed by atoms with Gasteiger partial charge in [0.2, 0.25) is 0 Å². The average Bonchev–Trinajstić information content (AvgIpc) is 3.23. The number of carbonyl (C=O) groups is 1. The summed E-state index contributed by atoms with van der Waals surface area (Å²) in [5.41, 5.74) is -0.658. The first-order valence-electron chi connectivity index (χ1n) is 11.3. The number of H-pyrrole nitrogens is 1. The van der Waals surface area contributed by atoms with Crippen molar-refractivity contribution in [3.63, 3.8) is 0 Å². The number of amides is 1. The van der Waals surface area contributed by atoms with E-state index in [2.05, 4.69) is 25.4 Å². The van der Waals surface area contributed by atoms with Crippen molar-refractivity contribution in [3.8, 4) is 11.4 Å². The fourth-order valence-electron chi connectivity index (χ4n) is 4.14. The molecule has 1 aliphatic rings. The molecule has 0 bridgehead atoms. The highest BCUT2D eigenvalue weighted by Crippen LogP contribution is 2.39. The van der Waals surface area contributed by atoms with E-state index < -0.39 is 40.8 Å². The SMILES string of the molecule is Cc1cc(C)c(CNC(=O)c2nc(-c3cnn(C)c3)nc(N3CCOC[C@@H]3C)c2C(F)(F)F)c(=O)[nH]1. The molecule has 0 spiro atoms. The van der Waals surface area contributed by atoms with Gasteiger partial charge in [0.05, 0.1) is 31.0 Å². The summed E-state index contributed by atoms with van der Waals surface area (Å²) in [7, 11) is 1.65. The standard InChI is InChI=1S/C23H26F3N7O3/c1-12-7-13(2)29-21(34)16(12)9-27-22(35)18-17(23(24,25)26)20(33-5-6-36-11-14(33)3)31-19(30-18)15-8-28-32(4)10-15/h7-8,10,14H,5-6,9,11H2,1-4H3,(H,27,35)(H,29,34)/t14-/m0/s1. The lowest BCUT2D eigenvalue weighted by atomic mass is 10.1. The molecule has 13 heteroatoms. The second-order valence-electron chi connectivity index (χ2n) is 8.74. The van der Waals surface area contributed by atoms with E-state index in [0.717, 1.165) is 0 Å². The van der Waals surface area contributed by atoms with Gasteiger partial charge in [-0.05, 0) is 32.4 Å². The van der Waals surface area contributed by atoms with Crippen LogP contribution in [0.4, 0.5) is 19.0 Å². The lowest BCUT2D eigenvalue weighted by Gasteiger charge is -2.36. The summed E-state index contributed by atoms with van der Waals surface area (Å²) in [6, 6.07) is 1.30. The van der Waals surface area contributed by atoms with E-state index >= 15 is 0 Å². The number of nitrogens with one attached hydrogen (secondary N) is 2. The van der Waals surface area contributed by atoms with E-state index in [1.54, 1.807) is 40.1 Å². The van der Waals surface area contributed by atoms with Gasteiger partial charge in [0.25, 0.3) is 11.5 Å². The van der Waals surface area contributed by atoms with Crippen molar-refractivity contribution in [2.24, 2.45) is 7.05 Å². The van der Waals surface area contributed by atoms with Crippen molar-refractivity contribution < 1.29 is 22.7 Å². The molecule has 1 amide bonds. The number of anilines is 1. The van der Waals surface area contributed by atoms with Gasteiger partial charge < -0.3 is 19.9 Å². The number of hydrogen-bond donors (Lipinski definition) is 2. The second-order valence-corrected chi connectivity index (χ2v) is 8.74. The van der Waals surface area contributed by atoms with Gasteiger partial charge >= 0.3 is 6.18 Å².